The van der Waals surface area contributed by atoms with Gasteiger partial charge in [0.05, 0.1) is 12.3 Å². The molecule has 0 saturated carbocycles. The predicted octanol–water partition coefficient (Wildman–Crippen LogP) is 7.28. The zero-order valence-electron chi connectivity index (χ0n) is 22.1. The highest BCUT2D eigenvalue weighted by Gasteiger charge is 2.15. The van der Waals surface area contributed by atoms with E-state index in [1.54, 1.807) is 6.07 Å². The maximum absolute atomic E-state index is 12.8. The van der Waals surface area contributed by atoms with E-state index in [-0.39, 0.29) is 5.92 Å². The SMILES string of the molecule is CCN1CCCC/C=C/C[C@H](C)C[S-](=O)=NC(=O)c2ccc(OCCCCc3cccc(C)c3)c1c2. The zero-order valence-corrected chi connectivity index (χ0v) is 22.9. The highest BCUT2D eigenvalue weighted by molar-refractivity contribution is 7.75. The third-order valence-electron chi connectivity index (χ3n) is 6.49. The van der Waals surface area contributed by atoms with Crippen LogP contribution in [0.15, 0.2) is 59.0 Å². The fourth-order valence-electron chi connectivity index (χ4n) is 4.45. The molecule has 2 aromatic carbocycles. The summed E-state index contributed by atoms with van der Waals surface area (Å²) >= 11 is 0. The molecule has 5 nitrogen and oxygen atoms in total. The number of ether oxygens (including phenoxy) is 1. The molecule has 3 rings (SSSR count). The monoisotopic (exact) mass is 509 g/mol. The first-order valence-electron chi connectivity index (χ1n) is 13.3. The van der Waals surface area contributed by atoms with Gasteiger partial charge in [-0.05, 0) is 82.6 Å². The zero-order chi connectivity index (χ0) is 25.8. The van der Waals surface area contributed by atoms with E-state index in [1.807, 2.05) is 12.1 Å². The van der Waals surface area contributed by atoms with Crippen LogP contribution in [-0.2, 0) is 21.2 Å². The number of carbonyl (C=O) groups excluding carboxylic acids is 1. The number of allylic oxidation sites excluding steroid dienone is 2. The minimum absolute atomic E-state index is 0.222. The van der Waals surface area contributed by atoms with Gasteiger partial charge in [0.2, 0.25) is 0 Å². The van der Waals surface area contributed by atoms with E-state index >= 15 is 0 Å². The smallest absolute Gasteiger partial charge is 0.254 e. The van der Waals surface area contributed by atoms with Crippen molar-refractivity contribution in [2.24, 2.45) is 10.3 Å². The number of fused-ring (bicyclic) bond motifs is 2. The van der Waals surface area contributed by atoms with Gasteiger partial charge in [0.1, 0.15) is 5.75 Å². The summed E-state index contributed by atoms with van der Waals surface area (Å²) in [5, 5.41) is 0. The van der Waals surface area contributed by atoms with Gasteiger partial charge in [-0.3, -0.25) is 4.79 Å². The molecule has 0 aliphatic carbocycles. The number of hydrogen-bond donors (Lipinski definition) is 0. The molecule has 0 saturated heterocycles. The Morgan fingerprint density at radius 3 is 2.78 bits per heavy atom. The lowest BCUT2D eigenvalue weighted by Crippen LogP contribution is -2.25. The van der Waals surface area contributed by atoms with E-state index in [2.05, 4.69) is 66.5 Å². The van der Waals surface area contributed by atoms with Gasteiger partial charge in [0.25, 0.3) is 5.91 Å². The second-order valence-corrected chi connectivity index (χ2v) is 10.9. The Kier molecular flexibility index (Phi) is 11.5. The van der Waals surface area contributed by atoms with Crippen molar-refractivity contribution in [1.82, 2.24) is 0 Å². The minimum Gasteiger partial charge on any atom is -0.491 e. The summed E-state index contributed by atoms with van der Waals surface area (Å²) in [4.78, 5) is 15.1. The third kappa shape index (κ3) is 9.12. The third-order valence-corrected chi connectivity index (χ3v) is 7.72. The topological polar surface area (TPSA) is 59.0 Å². The molecule has 0 N–H and O–H groups in total. The minimum atomic E-state index is -1.53. The molecule has 0 aromatic heterocycles. The Bertz CT molecular complexity index is 1110. The Morgan fingerprint density at radius 1 is 1.11 bits per heavy atom. The highest BCUT2D eigenvalue weighted by Crippen LogP contribution is 2.31. The van der Waals surface area contributed by atoms with Crippen molar-refractivity contribution in [3.8, 4) is 5.75 Å². The fourth-order valence-corrected chi connectivity index (χ4v) is 5.44. The Morgan fingerprint density at radius 2 is 1.97 bits per heavy atom. The van der Waals surface area contributed by atoms with Crippen LogP contribution in [0.2, 0.25) is 0 Å². The van der Waals surface area contributed by atoms with Crippen LogP contribution in [0.5, 0.6) is 5.75 Å². The van der Waals surface area contributed by atoms with Gasteiger partial charge in [0, 0.05) is 18.7 Å². The first kappa shape index (κ1) is 28.0. The van der Waals surface area contributed by atoms with E-state index in [1.165, 1.54) is 11.1 Å². The average Bonchev–Trinajstić information content (AvgIpc) is 2.85. The number of aryl methyl sites for hydroxylation is 2. The Labute approximate surface area is 219 Å². The number of carbonyl (C=O) groups is 1. The van der Waals surface area contributed by atoms with Gasteiger partial charge >= 0.3 is 0 Å². The number of amides is 1. The summed E-state index contributed by atoms with van der Waals surface area (Å²) in [6, 6.07) is 14.1. The van der Waals surface area contributed by atoms with Gasteiger partial charge in [-0.1, -0.05) is 60.6 Å². The lowest BCUT2D eigenvalue weighted by atomic mass is 10.1. The van der Waals surface area contributed by atoms with Gasteiger partial charge in [-0.2, -0.15) is 10.6 Å². The molecule has 0 radical (unpaired) electrons. The number of hydrogen-bond acceptors (Lipinski definition) is 5. The molecule has 1 aliphatic rings. The van der Waals surface area contributed by atoms with Crippen LogP contribution in [0, 0.1) is 12.8 Å². The van der Waals surface area contributed by atoms with Crippen LogP contribution >= 0.6 is 0 Å². The van der Waals surface area contributed by atoms with Crippen molar-refractivity contribution in [2.75, 3.05) is 30.3 Å². The standard InChI is InChI=1S/C30H41N2O3S/c1-4-32-19-10-7-5-6-8-13-25(3)23-36(34)31-30(33)27-17-18-29(28(32)22-27)35-20-11-9-15-26-16-12-14-24(2)21-26/h6,8,12,14,16-18,21-22,25H,4-5,7,9-11,13,15,19-20,23H2,1-3H3/q-1/b8-6+/t25-/m0/s1. The van der Waals surface area contributed by atoms with Gasteiger partial charge in [-0.25, -0.2) is 0 Å². The average molecular weight is 510 g/mol. The molecular formula is C30H41N2O3S-. The summed E-state index contributed by atoms with van der Waals surface area (Å²) in [5.41, 5.74) is 4.03. The molecule has 196 valence electrons. The van der Waals surface area contributed by atoms with Crippen molar-refractivity contribution in [2.45, 2.75) is 65.7 Å². The number of anilines is 1. The second-order valence-electron chi connectivity index (χ2n) is 9.75. The van der Waals surface area contributed by atoms with Gasteiger partial charge in [-0.15, -0.1) is 0 Å². The maximum atomic E-state index is 12.8. The summed E-state index contributed by atoms with van der Waals surface area (Å²) in [6.45, 7) is 8.64. The molecule has 0 unspecified atom stereocenters. The number of unbranched alkanes of at least 4 members (excludes halogenated alkanes) is 1. The molecular weight excluding hydrogens is 468 g/mol. The Balaban J connectivity index is 1.73. The molecule has 1 heterocycles. The summed E-state index contributed by atoms with van der Waals surface area (Å²) in [7, 11) is -1.53. The molecule has 36 heavy (non-hydrogen) atoms. The summed E-state index contributed by atoms with van der Waals surface area (Å²) < 4.78 is 22.7. The predicted molar refractivity (Wildman–Crippen MR) is 150 cm³/mol. The molecule has 2 bridgehead atoms. The van der Waals surface area contributed by atoms with Crippen molar-refractivity contribution < 1.29 is 13.7 Å². The quantitative estimate of drug-likeness (QED) is 0.224. The molecule has 2 aromatic rings. The maximum Gasteiger partial charge on any atom is 0.254 e. The van der Waals surface area contributed by atoms with Crippen LogP contribution in [0.1, 0.15) is 73.9 Å². The molecule has 1 amide bonds. The van der Waals surface area contributed by atoms with E-state index in [0.29, 0.717) is 17.9 Å². The van der Waals surface area contributed by atoms with Crippen LogP contribution in [0.4, 0.5) is 5.69 Å². The normalized spacial score (nSPS) is 19.0. The molecule has 0 fully saturated rings. The molecule has 6 heteroatoms. The molecule has 1 atom stereocenters. The molecule has 0 spiro atoms. The van der Waals surface area contributed by atoms with Gasteiger partial charge < -0.3 is 18.2 Å². The van der Waals surface area contributed by atoms with Crippen molar-refractivity contribution >= 4 is 22.2 Å². The lowest BCUT2D eigenvalue weighted by Gasteiger charge is -2.26. The molecule has 1 aliphatic heterocycles. The van der Waals surface area contributed by atoms with E-state index < -0.39 is 16.5 Å². The second kappa shape index (κ2) is 14.8. The Hall–Kier alpha value is -2.60. The summed E-state index contributed by atoms with van der Waals surface area (Å²) in [6.07, 6.45) is 11.5. The fraction of sp³-hybridized carbons (Fsp3) is 0.500. The first-order chi connectivity index (χ1) is 17.5. The van der Waals surface area contributed by atoms with E-state index in [0.717, 1.165) is 69.5 Å². The van der Waals surface area contributed by atoms with E-state index in [4.69, 9.17) is 4.74 Å². The number of benzene rings is 2. The van der Waals surface area contributed by atoms with E-state index in [9.17, 15) is 9.00 Å². The van der Waals surface area contributed by atoms with Crippen molar-refractivity contribution in [1.29, 1.82) is 0 Å². The van der Waals surface area contributed by atoms with Crippen molar-refractivity contribution in [3.05, 3.63) is 71.3 Å². The first-order valence-corrected chi connectivity index (χ1v) is 14.6. The van der Waals surface area contributed by atoms with Crippen LogP contribution in [0.3, 0.4) is 0 Å². The lowest BCUT2D eigenvalue weighted by molar-refractivity contribution is 0.100. The van der Waals surface area contributed by atoms with Gasteiger partial charge in [0.15, 0.2) is 0 Å². The number of rotatable bonds is 7. The van der Waals surface area contributed by atoms with Crippen LogP contribution < -0.4 is 9.64 Å². The summed E-state index contributed by atoms with van der Waals surface area (Å²) in [5.74, 6) is 0.984. The van der Waals surface area contributed by atoms with Crippen molar-refractivity contribution in [3.63, 3.8) is 0 Å². The van der Waals surface area contributed by atoms with Crippen LogP contribution in [0.25, 0.3) is 0 Å². The highest BCUT2D eigenvalue weighted by atomic mass is 32.2. The largest absolute Gasteiger partial charge is 0.491 e. The number of nitrogens with zero attached hydrogens (tertiary/aromatic N) is 2. The van der Waals surface area contributed by atoms with Crippen LogP contribution in [-0.4, -0.2) is 31.4 Å².